The summed E-state index contributed by atoms with van der Waals surface area (Å²) in [7, 11) is 1.82. The van der Waals surface area contributed by atoms with Crippen LogP contribution in [0.1, 0.15) is 11.1 Å². The van der Waals surface area contributed by atoms with Gasteiger partial charge in [0.25, 0.3) is 0 Å². The topological polar surface area (TPSA) is 50.8 Å². The van der Waals surface area contributed by atoms with Gasteiger partial charge in [0, 0.05) is 18.8 Å². The van der Waals surface area contributed by atoms with E-state index in [2.05, 4.69) is 11.2 Å². The summed E-state index contributed by atoms with van der Waals surface area (Å²) in [6, 6.07) is 12.0. The highest BCUT2D eigenvalue weighted by Gasteiger charge is 2.08. The van der Waals surface area contributed by atoms with Crippen LogP contribution >= 0.6 is 0 Å². The van der Waals surface area contributed by atoms with Crippen LogP contribution in [0.2, 0.25) is 0 Å². The number of hydrogen-bond acceptors (Lipinski definition) is 3. The van der Waals surface area contributed by atoms with Crippen molar-refractivity contribution in [1.82, 2.24) is 9.78 Å². The maximum absolute atomic E-state index is 8.70. The van der Waals surface area contributed by atoms with Crippen molar-refractivity contribution in [3.05, 3.63) is 47.7 Å². The highest BCUT2D eigenvalue weighted by molar-refractivity contribution is 5.26. The summed E-state index contributed by atoms with van der Waals surface area (Å²) in [6.07, 6.45) is 2.13. The lowest BCUT2D eigenvalue weighted by atomic mass is 10.2. The van der Waals surface area contributed by atoms with Crippen molar-refractivity contribution in [3.63, 3.8) is 0 Å². The SMILES string of the molecule is Cn1cc(CC#N)c(OCc2ccccc2)n1. The quantitative estimate of drug-likeness (QED) is 0.803. The molecule has 2 aromatic rings. The average Bonchev–Trinajstić information content (AvgIpc) is 2.69. The number of benzene rings is 1. The van der Waals surface area contributed by atoms with Gasteiger partial charge >= 0.3 is 0 Å². The predicted molar refractivity (Wildman–Crippen MR) is 63.3 cm³/mol. The zero-order chi connectivity index (χ0) is 12.1. The lowest BCUT2D eigenvalue weighted by molar-refractivity contribution is 0.288. The molecule has 0 bridgehead atoms. The van der Waals surface area contributed by atoms with Gasteiger partial charge in [-0.3, -0.25) is 4.68 Å². The van der Waals surface area contributed by atoms with Crippen LogP contribution in [0.4, 0.5) is 0 Å². The molecule has 0 spiro atoms. The molecule has 0 aliphatic heterocycles. The molecule has 0 saturated carbocycles. The van der Waals surface area contributed by atoms with E-state index in [4.69, 9.17) is 10.00 Å². The lowest BCUT2D eigenvalue weighted by Crippen LogP contribution is -1.98. The Hall–Kier alpha value is -2.28. The third-order valence-electron chi connectivity index (χ3n) is 2.35. The summed E-state index contributed by atoms with van der Waals surface area (Å²) in [5, 5.41) is 12.9. The van der Waals surface area contributed by atoms with Crippen LogP contribution in [0.25, 0.3) is 0 Å². The highest BCUT2D eigenvalue weighted by atomic mass is 16.5. The summed E-state index contributed by atoms with van der Waals surface area (Å²) in [4.78, 5) is 0. The van der Waals surface area contributed by atoms with Gasteiger partial charge in [-0.15, -0.1) is 5.10 Å². The molecule has 0 N–H and O–H groups in total. The third kappa shape index (κ3) is 2.85. The average molecular weight is 227 g/mol. The summed E-state index contributed by atoms with van der Waals surface area (Å²) >= 11 is 0. The molecule has 0 aliphatic rings. The van der Waals surface area contributed by atoms with Gasteiger partial charge in [-0.05, 0) is 5.56 Å². The van der Waals surface area contributed by atoms with E-state index in [9.17, 15) is 0 Å². The number of aryl methyl sites for hydroxylation is 1. The van der Waals surface area contributed by atoms with Gasteiger partial charge in [-0.1, -0.05) is 30.3 Å². The molecule has 4 heteroatoms. The van der Waals surface area contributed by atoms with Crippen molar-refractivity contribution in [2.75, 3.05) is 0 Å². The fourth-order valence-electron chi connectivity index (χ4n) is 1.57. The minimum absolute atomic E-state index is 0.317. The van der Waals surface area contributed by atoms with Crippen LogP contribution in [-0.2, 0) is 20.1 Å². The number of hydrogen-bond donors (Lipinski definition) is 0. The molecule has 2 rings (SSSR count). The molecule has 0 amide bonds. The van der Waals surface area contributed by atoms with Crippen molar-refractivity contribution in [3.8, 4) is 11.9 Å². The van der Waals surface area contributed by atoms with E-state index in [-0.39, 0.29) is 0 Å². The number of aromatic nitrogens is 2. The molecule has 4 nitrogen and oxygen atoms in total. The van der Waals surface area contributed by atoms with Gasteiger partial charge in [-0.25, -0.2) is 0 Å². The van der Waals surface area contributed by atoms with Gasteiger partial charge in [0.05, 0.1) is 12.5 Å². The second kappa shape index (κ2) is 5.17. The minimum atomic E-state index is 0.317. The van der Waals surface area contributed by atoms with E-state index in [1.165, 1.54) is 0 Å². The highest BCUT2D eigenvalue weighted by Crippen LogP contribution is 2.17. The first kappa shape index (κ1) is 11.2. The molecule has 0 unspecified atom stereocenters. The van der Waals surface area contributed by atoms with Gasteiger partial charge in [0.2, 0.25) is 5.88 Å². The van der Waals surface area contributed by atoms with Crippen LogP contribution in [-0.4, -0.2) is 9.78 Å². The Bertz CT molecular complexity index is 525. The number of nitrogens with zero attached hydrogens (tertiary/aromatic N) is 3. The van der Waals surface area contributed by atoms with Gasteiger partial charge in [-0.2, -0.15) is 5.26 Å². The normalized spacial score (nSPS) is 9.88. The van der Waals surface area contributed by atoms with Crippen molar-refractivity contribution in [1.29, 1.82) is 5.26 Å². The monoisotopic (exact) mass is 227 g/mol. The summed E-state index contributed by atoms with van der Waals surface area (Å²) in [6.45, 7) is 0.469. The predicted octanol–water partition coefficient (Wildman–Crippen LogP) is 2.07. The van der Waals surface area contributed by atoms with E-state index in [1.54, 1.807) is 4.68 Å². The fourth-order valence-corrected chi connectivity index (χ4v) is 1.57. The Morgan fingerprint density at radius 2 is 2.12 bits per heavy atom. The van der Waals surface area contributed by atoms with Crippen LogP contribution in [0, 0.1) is 11.3 Å². The Labute approximate surface area is 100 Å². The van der Waals surface area contributed by atoms with Crippen molar-refractivity contribution in [2.45, 2.75) is 13.0 Å². The molecule has 0 saturated heterocycles. The third-order valence-corrected chi connectivity index (χ3v) is 2.35. The maximum atomic E-state index is 8.70. The molecule has 0 fully saturated rings. The molecule has 1 heterocycles. The summed E-state index contributed by atoms with van der Waals surface area (Å²) < 4.78 is 7.27. The van der Waals surface area contributed by atoms with Crippen LogP contribution in [0.3, 0.4) is 0 Å². The first-order valence-electron chi connectivity index (χ1n) is 5.36. The number of ether oxygens (including phenoxy) is 1. The largest absolute Gasteiger partial charge is 0.472 e. The minimum Gasteiger partial charge on any atom is -0.472 e. The Morgan fingerprint density at radius 1 is 1.35 bits per heavy atom. The molecular formula is C13H13N3O. The fraction of sp³-hybridized carbons (Fsp3) is 0.231. The zero-order valence-corrected chi connectivity index (χ0v) is 9.63. The summed E-state index contributed by atoms with van der Waals surface area (Å²) in [5.41, 5.74) is 1.91. The standard InChI is InChI=1S/C13H13N3O/c1-16-9-12(7-8-14)13(15-16)17-10-11-5-3-2-4-6-11/h2-6,9H,7,10H2,1H3. The van der Waals surface area contributed by atoms with E-state index >= 15 is 0 Å². The van der Waals surface area contributed by atoms with Crippen LogP contribution < -0.4 is 4.74 Å². The Kier molecular flexibility index (Phi) is 3.41. The number of nitriles is 1. The number of rotatable bonds is 4. The molecule has 1 aromatic carbocycles. The van der Waals surface area contributed by atoms with E-state index in [0.717, 1.165) is 11.1 Å². The van der Waals surface area contributed by atoms with Crippen molar-refractivity contribution >= 4 is 0 Å². The Balaban J connectivity index is 2.06. The van der Waals surface area contributed by atoms with E-state index < -0.39 is 0 Å². The molecule has 17 heavy (non-hydrogen) atoms. The van der Waals surface area contributed by atoms with Crippen molar-refractivity contribution < 1.29 is 4.74 Å². The molecule has 86 valence electrons. The van der Waals surface area contributed by atoms with Gasteiger partial charge in [0.15, 0.2) is 0 Å². The van der Waals surface area contributed by atoms with Crippen molar-refractivity contribution in [2.24, 2.45) is 7.05 Å². The zero-order valence-electron chi connectivity index (χ0n) is 9.63. The smallest absolute Gasteiger partial charge is 0.237 e. The maximum Gasteiger partial charge on any atom is 0.237 e. The molecule has 0 radical (unpaired) electrons. The first-order chi connectivity index (χ1) is 8.29. The summed E-state index contributed by atoms with van der Waals surface area (Å²) in [5.74, 6) is 0.540. The molecule has 0 atom stereocenters. The van der Waals surface area contributed by atoms with Gasteiger partial charge < -0.3 is 4.74 Å². The van der Waals surface area contributed by atoms with Crippen LogP contribution in [0.15, 0.2) is 36.5 Å². The van der Waals surface area contributed by atoms with Crippen LogP contribution in [0.5, 0.6) is 5.88 Å². The lowest BCUT2D eigenvalue weighted by Gasteiger charge is -2.03. The van der Waals surface area contributed by atoms with E-state index in [0.29, 0.717) is 18.9 Å². The van der Waals surface area contributed by atoms with E-state index in [1.807, 2.05) is 43.6 Å². The Morgan fingerprint density at radius 3 is 2.82 bits per heavy atom. The molecule has 0 aliphatic carbocycles. The molecular weight excluding hydrogens is 214 g/mol. The first-order valence-corrected chi connectivity index (χ1v) is 5.36. The van der Waals surface area contributed by atoms with Gasteiger partial charge in [0.1, 0.15) is 6.61 Å². The molecule has 1 aromatic heterocycles. The second-order valence-electron chi connectivity index (χ2n) is 3.74. The second-order valence-corrected chi connectivity index (χ2v) is 3.74.